The van der Waals surface area contributed by atoms with Gasteiger partial charge in [-0.1, -0.05) is 22.3 Å². The monoisotopic (exact) mass is 660 g/mol. The number of Topliss-reactive ketones (excluding diaryl/α,β-unsaturated/α-hetero) is 1. The number of carbonyl (C=O) groups excluding carboxylic acids is 4. The molecule has 5 rings (SSSR count). The molecule has 0 bridgehead atoms. The van der Waals surface area contributed by atoms with Crippen molar-refractivity contribution in [2.75, 3.05) is 0 Å². The summed E-state index contributed by atoms with van der Waals surface area (Å²) in [6, 6.07) is 0. The molecule has 0 spiro atoms. The van der Waals surface area contributed by atoms with E-state index in [2.05, 4.69) is 19.9 Å². The Morgan fingerprint density at radius 2 is 1.35 bits per heavy atom. The van der Waals surface area contributed by atoms with Gasteiger partial charge in [0.25, 0.3) is 0 Å². The fourth-order valence-electron chi connectivity index (χ4n) is 7.90. The standard InChI is InChI=1S/C40H52O8/c1-24(15-29-17-26(3)19-34(42)45-29)11-9-13-28-22-40(33-21-32(41)38(5,6)47-33,23-31-36(28)48-39(7,8)37(31)44)14-10-12-25(2)16-30-18-27(4)20-35(43)46-30/h15-16,19-21,28-30H,9-14,17-18,22-23H2,1-8H3/b24-15+,25-16+/t28-,29-,30-,40+/m1/s1. The van der Waals surface area contributed by atoms with E-state index in [1.807, 2.05) is 33.8 Å². The molecule has 0 N–H and O–H groups in total. The highest BCUT2D eigenvalue weighted by atomic mass is 16.5. The molecule has 4 atom stereocenters. The molecule has 0 fully saturated rings. The number of allylic oxidation sites excluding steroid dienone is 4. The molecular weight excluding hydrogens is 608 g/mol. The summed E-state index contributed by atoms with van der Waals surface area (Å²) >= 11 is 0. The van der Waals surface area contributed by atoms with E-state index < -0.39 is 16.6 Å². The predicted octanol–water partition coefficient (Wildman–Crippen LogP) is 8.03. The summed E-state index contributed by atoms with van der Waals surface area (Å²) in [5.41, 5.74) is 2.63. The van der Waals surface area contributed by atoms with Crippen LogP contribution in [0.4, 0.5) is 0 Å². The number of ether oxygens (including phenoxy) is 4. The summed E-state index contributed by atoms with van der Waals surface area (Å²) in [5, 5.41) is 0. The third kappa shape index (κ3) is 7.95. The van der Waals surface area contributed by atoms with Crippen LogP contribution in [0.25, 0.3) is 0 Å². The molecule has 0 aromatic heterocycles. The van der Waals surface area contributed by atoms with Crippen LogP contribution < -0.4 is 0 Å². The summed E-state index contributed by atoms with van der Waals surface area (Å²) in [4.78, 5) is 50.7. The number of rotatable bonds is 11. The van der Waals surface area contributed by atoms with Crippen LogP contribution in [0.5, 0.6) is 0 Å². The summed E-state index contributed by atoms with van der Waals surface area (Å²) in [6.45, 7) is 15.3. The Morgan fingerprint density at radius 1 is 0.792 bits per heavy atom. The van der Waals surface area contributed by atoms with Gasteiger partial charge >= 0.3 is 11.9 Å². The van der Waals surface area contributed by atoms with Crippen molar-refractivity contribution in [2.45, 2.75) is 143 Å². The zero-order chi connectivity index (χ0) is 35.0. The van der Waals surface area contributed by atoms with E-state index in [4.69, 9.17) is 18.9 Å². The zero-order valence-corrected chi connectivity index (χ0v) is 30.0. The number of hydrogen-bond acceptors (Lipinski definition) is 8. The maximum atomic E-state index is 13.8. The van der Waals surface area contributed by atoms with Gasteiger partial charge in [-0.25, -0.2) is 9.59 Å². The third-order valence-electron chi connectivity index (χ3n) is 10.4. The van der Waals surface area contributed by atoms with E-state index in [9.17, 15) is 19.2 Å². The Bertz CT molecular complexity index is 1560. The van der Waals surface area contributed by atoms with E-state index in [0.717, 1.165) is 72.1 Å². The van der Waals surface area contributed by atoms with Crippen LogP contribution in [0.15, 0.2) is 69.8 Å². The lowest BCUT2D eigenvalue weighted by Gasteiger charge is -2.42. The van der Waals surface area contributed by atoms with Crippen molar-refractivity contribution in [2.24, 2.45) is 11.3 Å². The summed E-state index contributed by atoms with van der Waals surface area (Å²) in [6.07, 6.45) is 15.8. The second-order valence-electron chi connectivity index (χ2n) is 15.7. The Hall–Kier alpha value is -3.68. The quantitative estimate of drug-likeness (QED) is 0.162. The molecule has 0 amide bonds. The highest BCUT2D eigenvalue weighted by Crippen LogP contribution is 2.57. The zero-order valence-electron chi connectivity index (χ0n) is 30.0. The molecule has 0 unspecified atom stereocenters. The van der Waals surface area contributed by atoms with Crippen molar-refractivity contribution >= 4 is 23.5 Å². The normalized spacial score (nSPS) is 30.2. The van der Waals surface area contributed by atoms with Crippen LogP contribution in [0.1, 0.15) is 120 Å². The maximum absolute atomic E-state index is 13.8. The first-order valence-electron chi connectivity index (χ1n) is 17.5. The molecular formula is C40H52O8. The molecule has 48 heavy (non-hydrogen) atoms. The number of carbonyl (C=O) groups is 4. The van der Waals surface area contributed by atoms with E-state index in [1.165, 1.54) is 0 Å². The predicted molar refractivity (Wildman–Crippen MR) is 182 cm³/mol. The number of esters is 2. The van der Waals surface area contributed by atoms with Crippen molar-refractivity contribution in [3.8, 4) is 0 Å². The van der Waals surface area contributed by atoms with Crippen LogP contribution in [0, 0.1) is 11.3 Å². The molecule has 0 aromatic carbocycles. The third-order valence-corrected chi connectivity index (χ3v) is 10.4. The van der Waals surface area contributed by atoms with E-state index >= 15 is 0 Å². The van der Waals surface area contributed by atoms with E-state index in [1.54, 1.807) is 32.1 Å². The van der Waals surface area contributed by atoms with Crippen LogP contribution in [0.2, 0.25) is 0 Å². The van der Waals surface area contributed by atoms with Crippen LogP contribution in [-0.2, 0) is 38.1 Å². The van der Waals surface area contributed by atoms with Gasteiger partial charge in [0.15, 0.2) is 11.2 Å². The number of ketones is 2. The minimum Gasteiger partial charge on any atom is -0.483 e. The summed E-state index contributed by atoms with van der Waals surface area (Å²) in [5.74, 6) is 0.811. The highest BCUT2D eigenvalue weighted by molar-refractivity contribution is 6.04. The molecule has 4 heterocycles. The summed E-state index contributed by atoms with van der Waals surface area (Å²) in [7, 11) is 0. The first-order valence-corrected chi connectivity index (χ1v) is 17.5. The molecule has 260 valence electrons. The average Bonchev–Trinajstić information content (AvgIpc) is 3.37. The summed E-state index contributed by atoms with van der Waals surface area (Å²) < 4.78 is 23.9. The largest absolute Gasteiger partial charge is 0.483 e. The van der Waals surface area contributed by atoms with Crippen molar-refractivity contribution in [3.05, 3.63) is 69.8 Å². The van der Waals surface area contributed by atoms with Gasteiger partial charge in [0.1, 0.15) is 23.7 Å². The highest BCUT2D eigenvalue weighted by Gasteiger charge is 2.55. The van der Waals surface area contributed by atoms with Crippen molar-refractivity contribution in [3.63, 3.8) is 0 Å². The minimum atomic E-state index is -0.952. The van der Waals surface area contributed by atoms with Gasteiger partial charge in [0.2, 0.25) is 11.6 Å². The fraction of sp³-hybridized carbons (Fsp3) is 0.600. The van der Waals surface area contributed by atoms with Gasteiger partial charge in [-0.3, -0.25) is 9.59 Å². The Labute approximate surface area is 285 Å². The van der Waals surface area contributed by atoms with Gasteiger partial charge in [-0.2, -0.15) is 0 Å². The fourth-order valence-corrected chi connectivity index (χ4v) is 7.90. The topological polar surface area (TPSA) is 105 Å². The van der Waals surface area contributed by atoms with Gasteiger partial charge in [-0.15, -0.1) is 0 Å². The molecule has 0 saturated heterocycles. The van der Waals surface area contributed by atoms with Crippen molar-refractivity contribution < 1.29 is 38.1 Å². The molecule has 8 heteroatoms. The first-order chi connectivity index (χ1) is 22.5. The van der Waals surface area contributed by atoms with Gasteiger partial charge in [-0.05, 0) is 119 Å². The molecule has 4 aliphatic heterocycles. The molecule has 1 aliphatic carbocycles. The molecule has 8 nitrogen and oxygen atoms in total. The smallest absolute Gasteiger partial charge is 0.331 e. The number of hydrogen-bond donors (Lipinski definition) is 0. The minimum absolute atomic E-state index is 0.00740. The van der Waals surface area contributed by atoms with Gasteiger partial charge in [0, 0.05) is 48.0 Å². The van der Waals surface area contributed by atoms with Crippen LogP contribution >= 0.6 is 0 Å². The van der Waals surface area contributed by atoms with Crippen molar-refractivity contribution in [1.82, 2.24) is 0 Å². The SMILES string of the molecule is CC1=CC(=O)O[C@H](/C=C(\C)CCC[C@@H]2C[C@](CCC/C(C)=C/[C@@H]3CC(C)=CC(=O)O3)(C3=CC(=O)C(C)(C)O3)CC3=C2OC(C)(C)C3=O)C1. The Morgan fingerprint density at radius 3 is 1.88 bits per heavy atom. The van der Waals surface area contributed by atoms with Gasteiger partial charge in [0.05, 0.1) is 0 Å². The second kappa shape index (κ2) is 13.7. The first kappa shape index (κ1) is 35.6. The maximum Gasteiger partial charge on any atom is 0.331 e. The lowest BCUT2D eigenvalue weighted by Crippen LogP contribution is -2.36. The Balaban J connectivity index is 1.36. The van der Waals surface area contributed by atoms with Crippen LogP contribution in [0.3, 0.4) is 0 Å². The lowest BCUT2D eigenvalue weighted by molar-refractivity contribution is -0.143. The number of cyclic esters (lactones) is 2. The van der Waals surface area contributed by atoms with E-state index in [0.29, 0.717) is 31.4 Å². The van der Waals surface area contributed by atoms with Gasteiger partial charge < -0.3 is 18.9 Å². The molecule has 0 radical (unpaired) electrons. The van der Waals surface area contributed by atoms with E-state index in [-0.39, 0.29) is 41.6 Å². The van der Waals surface area contributed by atoms with Crippen LogP contribution in [-0.4, -0.2) is 46.9 Å². The Kier molecular flexibility index (Phi) is 10.1. The van der Waals surface area contributed by atoms with Crippen molar-refractivity contribution in [1.29, 1.82) is 0 Å². The molecule has 5 aliphatic rings. The molecule has 0 saturated carbocycles. The average molecular weight is 661 g/mol. The lowest BCUT2D eigenvalue weighted by atomic mass is 9.64. The molecule has 0 aromatic rings. The second-order valence-corrected chi connectivity index (χ2v) is 15.7.